The first-order valence-corrected chi connectivity index (χ1v) is 8.34. The van der Waals surface area contributed by atoms with Crippen molar-refractivity contribution >= 4 is 34.0 Å². The molecule has 1 aromatic rings. The van der Waals surface area contributed by atoms with Crippen molar-refractivity contribution in [1.29, 1.82) is 0 Å². The summed E-state index contributed by atoms with van der Waals surface area (Å²) in [7, 11) is -3.89. The Bertz CT molecular complexity index is 590. The monoisotopic (exact) mass is 356 g/mol. The van der Waals surface area contributed by atoms with Gasteiger partial charge >= 0.3 is 0 Å². The van der Waals surface area contributed by atoms with Gasteiger partial charge in [-0.2, -0.15) is 0 Å². The maximum atomic E-state index is 13.6. The number of hydrogen-bond acceptors (Lipinski definition) is 3. The first kappa shape index (κ1) is 18.6. The Hall–Kier alpha value is -0.400. The number of halogens is 3. The zero-order valence-corrected chi connectivity index (χ0v) is 14.0. The van der Waals surface area contributed by atoms with Crippen molar-refractivity contribution in [2.24, 2.45) is 5.41 Å². The molecule has 4 nitrogen and oxygen atoms in total. The number of nitrogens with one attached hydrogen (secondary N) is 2. The fourth-order valence-electron chi connectivity index (χ4n) is 2.30. The van der Waals surface area contributed by atoms with Crippen LogP contribution in [-0.4, -0.2) is 28.1 Å². The van der Waals surface area contributed by atoms with E-state index >= 15 is 0 Å². The molecule has 0 aromatic heterocycles. The van der Waals surface area contributed by atoms with E-state index in [0.29, 0.717) is 0 Å². The van der Waals surface area contributed by atoms with E-state index in [1.54, 1.807) is 0 Å². The smallest absolute Gasteiger partial charge is 0.243 e. The van der Waals surface area contributed by atoms with Crippen LogP contribution >= 0.6 is 24.0 Å². The van der Waals surface area contributed by atoms with E-state index in [4.69, 9.17) is 11.6 Å². The van der Waals surface area contributed by atoms with Crippen molar-refractivity contribution in [2.45, 2.75) is 24.7 Å². The lowest BCUT2D eigenvalue weighted by Gasteiger charge is -2.34. The Balaban J connectivity index is 0.00000220. The van der Waals surface area contributed by atoms with Crippen molar-refractivity contribution in [1.82, 2.24) is 10.0 Å². The summed E-state index contributed by atoms with van der Waals surface area (Å²) in [4.78, 5) is -0.405. The van der Waals surface area contributed by atoms with Crippen LogP contribution in [0.15, 0.2) is 23.1 Å². The minimum Gasteiger partial charge on any atom is -0.316 e. The normalized spacial score (nSPS) is 22.6. The molecule has 1 fully saturated rings. The van der Waals surface area contributed by atoms with Crippen molar-refractivity contribution in [3.8, 4) is 0 Å². The van der Waals surface area contributed by atoms with Crippen LogP contribution in [0.2, 0.25) is 5.02 Å². The third-order valence-corrected chi connectivity index (χ3v) is 5.21. The summed E-state index contributed by atoms with van der Waals surface area (Å²) >= 11 is 5.73. The highest BCUT2D eigenvalue weighted by Gasteiger charge is 2.29. The Kier molecular flexibility index (Phi) is 6.43. The molecule has 1 aliphatic heterocycles. The molecule has 0 aliphatic carbocycles. The summed E-state index contributed by atoms with van der Waals surface area (Å²) in [6, 6.07) is 3.50. The molecule has 0 amide bonds. The van der Waals surface area contributed by atoms with Crippen molar-refractivity contribution < 1.29 is 12.8 Å². The summed E-state index contributed by atoms with van der Waals surface area (Å²) in [5.74, 6) is -0.797. The second kappa shape index (κ2) is 7.24. The number of rotatable bonds is 4. The van der Waals surface area contributed by atoms with Gasteiger partial charge < -0.3 is 5.32 Å². The number of benzene rings is 1. The molecule has 1 aliphatic rings. The predicted molar refractivity (Wildman–Crippen MR) is 84.1 cm³/mol. The third-order valence-electron chi connectivity index (χ3n) is 3.56. The molecule has 8 heteroatoms. The number of hydrogen-bond donors (Lipinski definition) is 2. The van der Waals surface area contributed by atoms with Crippen LogP contribution in [0.5, 0.6) is 0 Å². The molecular formula is C13H19Cl2FN2O2S. The van der Waals surface area contributed by atoms with Crippen LogP contribution in [0.25, 0.3) is 0 Å². The lowest BCUT2D eigenvalue weighted by molar-refractivity contribution is 0.238. The van der Waals surface area contributed by atoms with Crippen LogP contribution in [0.3, 0.4) is 0 Å². The quantitative estimate of drug-likeness (QED) is 0.871. The molecule has 0 spiro atoms. The topological polar surface area (TPSA) is 58.2 Å². The molecule has 1 heterocycles. The van der Waals surface area contributed by atoms with Gasteiger partial charge in [0, 0.05) is 18.1 Å². The van der Waals surface area contributed by atoms with E-state index < -0.39 is 20.7 Å². The van der Waals surface area contributed by atoms with E-state index in [1.165, 1.54) is 6.07 Å². The SMILES string of the molecule is CC1(CNS(=O)(=O)c2cc(Cl)ccc2F)CCCNC1.Cl. The van der Waals surface area contributed by atoms with Gasteiger partial charge in [-0.25, -0.2) is 17.5 Å². The van der Waals surface area contributed by atoms with Crippen molar-refractivity contribution in [2.75, 3.05) is 19.6 Å². The molecule has 1 saturated heterocycles. The fraction of sp³-hybridized carbons (Fsp3) is 0.538. The minimum absolute atomic E-state index is 0. The van der Waals surface area contributed by atoms with Gasteiger partial charge in [-0.1, -0.05) is 18.5 Å². The largest absolute Gasteiger partial charge is 0.316 e. The molecule has 2 rings (SSSR count). The molecule has 1 unspecified atom stereocenters. The van der Waals surface area contributed by atoms with Gasteiger partial charge in [-0.15, -0.1) is 12.4 Å². The van der Waals surface area contributed by atoms with Crippen LogP contribution in [0.4, 0.5) is 4.39 Å². The van der Waals surface area contributed by atoms with Gasteiger partial charge in [0.05, 0.1) is 0 Å². The van der Waals surface area contributed by atoms with Gasteiger partial charge in [0.15, 0.2) is 0 Å². The lowest BCUT2D eigenvalue weighted by Crippen LogP contribution is -2.45. The summed E-state index contributed by atoms with van der Waals surface area (Å²) in [6.07, 6.45) is 1.93. The Morgan fingerprint density at radius 2 is 2.19 bits per heavy atom. The highest BCUT2D eigenvalue weighted by Crippen LogP contribution is 2.26. The number of sulfonamides is 1. The zero-order valence-electron chi connectivity index (χ0n) is 11.7. The van der Waals surface area contributed by atoms with Crippen molar-refractivity contribution in [3.05, 3.63) is 29.0 Å². The van der Waals surface area contributed by atoms with Gasteiger partial charge in [0.25, 0.3) is 0 Å². The van der Waals surface area contributed by atoms with E-state index in [2.05, 4.69) is 10.0 Å². The molecular weight excluding hydrogens is 338 g/mol. The van der Waals surface area contributed by atoms with E-state index in [1.807, 2.05) is 6.92 Å². The maximum absolute atomic E-state index is 13.6. The standard InChI is InChI=1S/C13H18ClFN2O2S.ClH/c1-13(5-2-6-16-8-13)9-17-20(18,19)12-7-10(14)3-4-11(12)15;/h3-4,7,16-17H,2,5-6,8-9H2,1H3;1H. The summed E-state index contributed by atoms with van der Waals surface area (Å²) in [5, 5.41) is 3.43. The van der Waals surface area contributed by atoms with E-state index in [-0.39, 0.29) is 29.4 Å². The second-order valence-electron chi connectivity index (χ2n) is 5.49. The summed E-state index contributed by atoms with van der Waals surface area (Å²) in [6.45, 7) is 3.98. The third kappa shape index (κ3) is 4.79. The zero-order chi connectivity index (χ0) is 14.8. The fourth-order valence-corrected chi connectivity index (χ4v) is 3.84. The molecule has 2 N–H and O–H groups in total. The van der Waals surface area contributed by atoms with E-state index in [9.17, 15) is 12.8 Å². The van der Waals surface area contributed by atoms with Crippen LogP contribution < -0.4 is 10.0 Å². The summed E-state index contributed by atoms with van der Waals surface area (Å²) in [5.41, 5.74) is -0.152. The van der Waals surface area contributed by atoms with E-state index in [0.717, 1.165) is 38.1 Å². The minimum atomic E-state index is -3.89. The molecule has 0 radical (unpaired) electrons. The maximum Gasteiger partial charge on any atom is 0.243 e. The molecule has 120 valence electrons. The predicted octanol–water partition coefficient (Wildman–Crippen LogP) is 2.57. The highest BCUT2D eigenvalue weighted by atomic mass is 35.5. The lowest BCUT2D eigenvalue weighted by atomic mass is 9.83. The Morgan fingerprint density at radius 1 is 1.48 bits per heavy atom. The average Bonchev–Trinajstić information content (AvgIpc) is 2.40. The van der Waals surface area contributed by atoms with Crippen LogP contribution in [0.1, 0.15) is 19.8 Å². The van der Waals surface area contributed by atoms with Crippen molar-refractivity contribution in [3.63, 3.8) is 0 Å². The molecule has 0 bridgehead atoms. The van der Waals surface area contributed by atoms with Gasteiger partial charge in [0.1, 0.15) is 10.7 Å². The van der Waals surface area contributed by atoms with Crippen LogP contribution in [0, 0.1) is 11.2 Å². The molecule has 1 aromatic carbocycles. The van der Waals surface area contributed by atoms with Gasteiger partial charge in [-0.3, -0.25) is 0 Å². The Morgan fingerprint density at radius 3 is 2.81 bits per heavy atom. The molecule has 21 heavy (non-hydrogen) atoms. The first-order chi connectivity index (χ1) is 9.32. The first-order valence-electron chi connectivity index (χ1n) is 6.48. The molecule has 1 atom stereocenters. The van der Waals surface area contributed by atoms with Gasteiger partial charge in [0.2, 0.25) is 10.0 Å². The summed E-state index contributed by atoms with van der Waals surface area (Å²) < 4.78 is 40.4. The molecule has 0 saturated carbocycles. The number of piperidine rings is 1. The second-order valence-corrected chi connectivity index (χ2v) is 7.66. The average molecular weight is 357 g/mol. The highest BCUT2D eigenvalue weighted by molar-refractivity contribution is 7.89. The van der Waals surface area contributed by atoms with Gasteiger partial charge in [-0.05, 0) is 43.0 Å². The van der Waals surface area contributed by atoms with Crippen LogP contribution in [-0.2, 0) is 10.0 Å². The Labute approximate surface area is 135 Å².